The number of ether oxygens (including phenoxy) is 1. The van der Waals surface area contributed by atoms with Crippen LogP contribution in [-0.4, -0.2) is 49.3 Å². The molecule has 0 spiro atoms. The van der Waals surface area contributed by atoms with Gasteiger partial charge in [-0.25, -0.2) is 8.42 Å². The van der Waals surface area contributed by atoms with E-state index in [2.05, 4.69) is 0 Å². The van der Waals surface area contributed by atoms with Gasteiger partial charge in [-0.1, -0.05) is 12.2 Å². The molecule has 5 nitrogen and oxygen atoms in total. The highest BCUT2D eigenvalue weighted by Crippen LogP contribution is 2.16. The van der Waals surface area contributed by atoms with E-state index in [1.165, 1.54) is 11.4 Å². The summed E-state index contributed by atoms with van der Waals surface area (Å²) in [6, 6.07) is -0.457. The SMILES string of the molecule is CC(C(N)=S)N(C)S(=O)(=O)CC1CCCO1. The fourth-order valence-electron chi connectivity index (χ4n) is 1.55. The first-order chi connectivity index (χ1) is 7.34. The number of likely N-dealkylation sites (N-methyl/N-ethyl adjacent to an activating group) is 1. The molecule has 2 unspecified atom stereocenters. The van der Waals surface area contributed by atoms with Gasteiger partial charge < -0.3 is 10.5 Å². The van der Waals surface area contributed by atoms with Crippen molar-refractivity contribution < 1.29 is 13.2 Å². The fraction of sp³-hybridized carbons (Fsp3) is 0.889. The molecule has 1 aliphatic rings. The Morgan fingerprint density at radius 2 is 2.31 bits per heavy atom. The summed E-state index contributed by atoms with van der Waals surface area (Å²) in [5.41, 5.74) is 5.44. The first kappa shape index (κ1) is 13.8. The highest BCUT2D eigenvalue weighted by molar-refractivity contribution is 7.89. The molecule has 0 radical (unpaired) electrons. The smallest absolute Gasteiger partial charge is 0.217 e. The summed E-state index contributed by atoms with van der Waals surface area (Å²) in [4.78, 5) is 0.179. The highest BCUT2D eigenvalue weighted by Gasteiger charge is 2.29. The van der Waals surface area contributed by atoms with Crippen LogP contribution in [0.3, 0.4) is 0 Å². The minimum absolute atomic E-state index is 0.0104. The lowest BCUT2D eigenvalue weighted by Gasteiger charge is -2.24. The molecule has 0 bridgehead atoms. The zero-order valence-electron chi connectivity index (χ0n) is 9.55. The topological polar surface area (TPSA) is 72.6 Å². The Balaban J connectivity index is 2.65. The van der Waals surface area contributed by atoms with Gasteiger partial charge >= 0.3 is 0 Å². The lowest BCUT2D eigenvalue weighted by molar-refractivity contribution is 0.126. The molecule has 0 aromatic rings. The van der Waals surface area contributed by atoms with Crippen LogP contribution in [0, 0.1) is 0 Å². The second-order valence-electron chi connectivity index (χ2n) is 4.01. The molecule has 0 saturated carbocycles. The van der Waals surface area contributed by atoms with Crippen molar-refractivity contribution in [2.24, 2.45) is 5.73 Å². The van der Waals surface area contributed by atoms with Crippen molar-refractivity contribution in [1.29, 1.82) is 0 Å². The van der Waals surface area contributed by atoms with E-state index in [0.717, 1.165) is 12.8 Å². The molecule has 1 rings (SSSR count). The van der Waals surface area contributed by atoms with Crippen molar-refractivity contribution in [3.8, 4) is 0 Å². The number of rotatable bonds is 5. The predicted molar refractivity (Wildman–Crippen MR) is 66.8 cm³/mol. The van der Waals surface area contributed by atoms with Gasteiger partial charge in [0.1, 0.15) is 0 Å². The van der Waals surface area contributed by atoms with E-state index in [1.807, 2.05) is 0 Å². The number of thiocarbonyl (C=S) groups is 1. The van der Waals surface area contributed by atoms with Gasteiger partial charge in [0, 0.05) is 13.7 Å². The van der Waals surface area contributed by atoms with Gasteiger partial charge in [-0.05, 0) is 19.8 Å². The van der Waals surface area contributed by atoms with Gasteiger partial charge in [0.15, 0.2) is 0 Å². The largest absolute Gasteiger partial charge is 0.392 e. The molecular formula is C9H18N2O3S2. The van der Waals surface area contributed by atoms with Gasteiger partial charge in [0.05, 0.1) is 22.9 Å². The van der Waals surface area contributed by atoms with E-state index in [4.69, 9.17) is 22.7 Å². The summed E-state index contributed by atoms with van der Waals surface area (Å²) in [6.07, 6.45) is 1.54. The lowest BCUT2D eigenvalue weighted by atomic mass is 10.3. The molecule has 0 amide bonds. The van der Waals surface area contributed by atoms with Crippen LogP contribution in [0.1, 0.15) is 19.8 Å². The second kappa shape index (κ2) is 5.39. The second-order valence-corrected chi connectivity index (χ2v) is 6.55. The molecule has 16 heavy (non-hydrogen) atoms. The molecule has 2 N–H and O–H groups in total. The van der Waals surface area contributed by atoms with Crippen molar-refractivity contribution in [2.45, 2.75) is 31.9 Å². The minimum atomic E-state index is -3.35. The summed E-state index contributed by atoms with van der Waals surface area (Å²) >= 11 is 4.79. The standard InChI is InChI=1S/C9H18N2O3S2/c1-7(9(10)15)11(2)16(12,13)6-8-4-3-5-14-8/h7-8H,3-6H2,1-2H3,(H2,10,15). The van der Waals surface area contributed by atoms with Gasteiger partial charge in [-0.2, -0.15) is 4.31 Å². The summed E-state index contributed by atoms with van der Waals surface area (Å²) in [7, 11) is -1.85. The van der Waals surface area contributed by atoms with E-state index in [1.54, 1.807) is 6.92 Å². The van der Waals surface area contributed by atoms with Crippen molar-refractivity contribution in [1.82, 2.24) is 4.31 Å². The zero-order chi connectivity index (χ0) is 12.3. The Labute approximate surface area is 102 Å². The van der Waals surface area contributed by atoms with Crippen molar-refractivity contribution in [3.63, 3.8) is 0 Å². The minimum Gasteiger partial charge on any atom is -0.392 e. The van der Waals surface area contributed by atoms with E-state index < -0.39 is 16.1 Å². The molecule has 1 aliphatic heterocycles. The maximum atomic E-state index is 12.0. The Hall–Kier alpha value is -0.240. The normalized spacial score (nSPS) is 23.6. The van der Waals surface area contributed by atoms with Crippen LogP contribution in [-0.2, 0) is 14.8 Å². The van der Waals surface area contributed by atoms with E-state index in [9.17, 15) is 8.42 Å². The number of hydrogen-bond donors (Lipinski definition) is 1. The third-order valence-corrected chi connectivity index (χ3v) is 5.14. The molecule has 0 aromatic heterocycles. The third kappa shape index (κ3) is 3.38. The van der Waals surface area contributed by atoms with Gasteiger partial charge in [0.25, 0.3) is 0 Å². The maximum absolute atomic E-state index is 12.0. The Kier molecular flexibility index (Phi) is 4.66. The van der Waals surface area contributed by atoms with Crippen molar-refractivity contribution >= 4 is 27.2 Å². The molecule has 1 heterocycles. The quantitative estimate of drug-likeness (QED) is 0.715. The Morgan fingerprint density at radius 1 is 1.69 bits per heavy atom. The summed E-state index contributed by atoms with van der Waals surface area (Å²) in [5, 5.41) is 0. The lowest BCUT2D eigenvalue weighted by Crippen LogP contribution is -2.45. The van der Waals surface area contributed by atoms with Crippen LogP contribution in [0.15, 0.2) is 0 Å². The van der Waals surface area contributed by atoms with E-state index in [0.29, 0.717) is 6.61 Å². The average molecular weight is 266 g/mol. The van der Waals surface area contributed by atoms with Gasteiger partial charge in [0.2, 0.25) is 10.0 Å². The fourth-order valence-corrected chi connectivity index (χ4v) is 3.34. The predicted octanol–water partition coefficient (Wildman–Crippen LogP) is 0.102. The number of hydrogen-bond acceptors (Lipinski definition) is 4. The Bertz CT molecular complexity index is 350. The number of sulfonamides is 1. The first-order valence-corrected chi connectivity index (χ1v) is 7.23. The highest BCUT2D eigenvalue weighted by atomic mass is 32.2. The monoisotopic (exact) mass is 266 g/mol. The van der Waals surface area contributed by atoms with Crippen LogP contribution in [0.5, 0.6) is 0 Å². The third-order valence-electron chi connectivity index (χ3n) is 2.82. The molecule has 1 saturated heterocycles. The van der Waals surface area contributed by atoms with Gasteiger partial charge in [-0.3, -0.25) is 0 Å². The number of nitrogens with two attached hydrogens (primary N) is 1. The molecule has 94 valence electrons. The van der Waals surface area contributed by atoms with Crippen LogP contribution in [0.25, 0.3) is 0 Å². The van der Waals surface area contributed by atoms with E-state index in [-0.39, 0.29) is 16.8 Å². The average Bonchev–Trinajstić information content (AvgIpc) is 2.67. The summed E-state index contributed by atoms with van der Waals surface area (Å²) in [6.45, 7) is 2.32. The molecule has 1 fully saturated rings. The van der Waals surface area contributed by atoms with Crippen LogP contribution in [0.4, 0.5) is 0 Å². The van der Waals surface area contributed by atoms with Gasteiger partial charge in [-0.15, -0.1) is 0 Å². The van der Waals surface area contributed by atoms with Crippen LogP contribution < -0.4 is 5.73 Å². The zero-order valence-corrected chi connectivity index (χ0v) is 11.2. The Morgan fingerprint density at radius 3 is 2.75 bits per heavy atom. The summed E-state index contributed by atoms with van der Waals surface area (Å²) < 4.78 is 30.5. The molecule has 0 aromatic carbocycles. The summed E-state index contributed by atoms with van der Waals surface area (Å²) in [5.74, 6) is 0.0104. The molecule has 0 aliphatic carbocycles. The molecule has 2 atom stereocenters. The van der Waals surface area contributed by atoms with E-state index >= 15 is 0 Å². The van der Waals surface area contributed by atoms with Crippen LogP contribution in [0.2, 0.25) is 0 Å². The maximum Gasteiger partial charge on any atom is 0.217 e. The molecular weight excluding hydrogens is 248 g/mol. The van der Waals surface area contributed by atoms with Crippen molar-refractivity contribution in [3.05, 3.63) is 0 Å². The van der Waals surface area contributed by atoms with Crippen molar-refractivity contribution in [2.75, 3.05) is 19.4 Å². The first-order valence-electron chi connectivity index (χ1n) is 5.21. The number of nitrogens with zero attached hydrogens (tertiary/aromatic N) is 1. The molecule has 7 heteroatoms. The van der Waals surface area contributed by atoms with Crippen LogP contribution >= 0.6 is 12.2 Å².